The smallest absolute Gasteiger partial charge is 0.308 e. The van der Waals surface area contributed by atoms with Gasteiger partial charge in [0.1, 0.15) is 24.7 Å². The van der Waals surface area contributed by atoms with E-state index in [9.17, 15) is 29.4 Å². The zero-order valence-electron chi connectivity index (χ0n) is 29.6. The molecule has 1 fully saturated rings. The molecular formula is C42H46N2O8. The van der Waals surface area contributed by atoms with Gasteiger partial charge in [0.15, 0.2) is 0 Å². The second kappa shape index (κ2) is 18.0. The number of carbonyl (C=O) groups is 4. The third-order valence-electron chi connectivity index (χ3n) is 9.39. The molecule has 0 unspecified atom stereocenters. The average molecular weight is 707 g/mol. The van der Waals surface area contributed by atoms with Crippen LogP contribution in [0, 0.1) is 23.7 Å². The number of carbonyl (C=O) groups excluding carboxylic acids is 2. The zero-order valence-corrected chi connectivity index (χ0v) is 29.6. The van der Waals surface area contributed by atoms with Crippen LogP contribution in [0.5, 0.6) is 11.5 Å². The van der Waals surface area contributed by atoms with Crippen LogP contribution in [0.25, 0.3) is 0 Å². The van der Waals surface area contributed by atoms with Gasteiger partial charge in [0, 0.05) is 26.2 Å². The first-order chi connectivity index (χ1) is 25.2. The maximum absolute atomic E-state index is 14.1. The quantitative estimate of drug-likeness (QED) is 0.117. The molecule has 0 radical (unpaired) electrons. The van der Waals surface area contributed by atoms with Gasteiger partial charge in [0.25, 0.3) is 0 Å². The molecule has 0 heterocycles. The Bertz CT molecular complexity index is 1640. The number of ether oxygens (including phenoxy) is 2. The predicted molar refractivity (Wildman–Crippen MR) is 195 cm³/mol. The van der Waals surface area contributed by atoms with E-state index in [1.807, 2.05) is 123 Å². The highest BCUT2D eigenvalue weighted by Gasteiger charge is 2.64. The molecule has 4 aromatic carbocycles. The topological polar surface area (TPSA) is 134 Å². The normalized spacial score (nSPS) is 17.7. The largest absolute Gasteiger partial charge is 0.489 e. The number of nitrogens with zero attached hydrogens (tertiary/aromatic N) is 2. The molecule has 0 atom stereocenters. The number of hydrogen-bond acceptors (Lipinski definition) is 6. The van der Waals surface area contributed by atoms with Crippen LogP contribution in [0.3, 0.4) is 0 Å². The van der Waals surface area contributed by atoms with Crippen molar-refractivity contribution in [3.05, 3.63) is 131 Å². The number of hydrogen-bond donors (Lipinski definition) is 2. The molecule has 2 N–H and O–H groups in total. The molecule has 1 aliphatic carbocycles. The highest BCUT2D eigenvalue weighted by Crippen LogP contribution is 2.49. The van der Waals surface area contributed by atoms with E-state index < -0.39 is 47.4 Å². The molecule has 2 amide bonds. The second-order valence-electron chi connectivity index (χ2n) is 13.1. The first kappa shape index (κ1) is 37.6. The van der Waals surface area contributed by atoms with Crippen LogP contribution in [0.2, 0.25) is 0 Å². The number of aliphatic carboxylic acids is 2. The van der Waals surface area contributed by atoms with E-state index in [-0.39, 0.29) is 13.1 Å². The van der Waals surface area contributed by atoms with Gasteiger partial charge in [-0.05, 0) is 59.4 Å². The second-order valence-corrected chi connectivity index (χ2v) is 13.1. The molecule has 0 bridgehead atoms. The van der Waals surface area contributed by atoms with Gasteiger partial charge >= 0.3 is 11.9 Å². The van der Waals surface area contributed by atoms with Crippen molar-refractivity contribution < 1.29 is 38.9 Å². The zero-order chi connectivity index (χ0) is 37.0. The van der Waals surface area contributed by atoms with Crippen LogP contribution in [-0.4, -0.2) is 56.9 Å². The summed E-state index contributed by atoms with van der Waals surface area (Å²) >= 11 is 0. The van der Waals surface area contributed by atoms with Crippen molar-refractivity contribution in [3.63, 3.8) is 0 Å². The van der Waals surface area contributed by atoms with E-state index in [4.69, 9.17) is 9.47 Å². The van der Waals surface area contributed by atoms with E-state index in [2.05, 4.69) is 0 Å². The predicted octanol–water partition coefficient (Wildman–Crippen LogP) is 6.67. The number of carboxylic acids is 2. The summed E-state index contributed by atoms with van der Waals surface area (Å²) in [5, 5.41) is 20.7. The fourth-order valence-electron chi connectivity index (χ4n) is 6.76. The molecule has 4 aromatic rings. The fourth-order valence-corrected chi connectivity index (χ4v) is 6.76. The fraction of sp³-hybridized carbons (Fsp3) is 0.333. The Hall–Kier alpha value is -5.64. The molecular weight excluding hydrogens is 660 g/mol. The van der Waals surface area contributed by atoms with Crippen molar-refractivity contribution in [2.75, 3.05) is 13.1 Å². The first-order valence-electron chi connectivity index (χ1n) is 17.7. The summed E-state index contributed by atoms with van der Waals surface area (Å²) in [5.74, 6) is -8.02. The lowest BCUT2D eigenvalue weighted by Gasteiger charge is -2.48. The monoisotopic (exact) mass is 706 g/mol. The van der Waals surface area contributed by atoms with Crippen LogP contribution < -0.4 is 9.47 Å². The third kappa shape index (κ3) is 9.37. The summed E-state index contributed by atoms with van der Waals surface area (Å²) < 4.78 is 11.6. The minimum absolute atomic E-state index is 0.175. The number of rotatable bonds is 18. The Morgan fingerprint density at radius 2 is 0.827 bits per heavy atom. The Kier molecular flexibility index (Phi) is 13.0. The van der Waals surface area contributed by atoms with Gasteiger partial charge in [0.2, 0.25) is 11.8 Å². The summed E-state index contributed by atoms with van der Waals surface area (Å²) in [5.41, 5.74) is 3.48. The number of para-hydroxylation sites is 2. The lowest BCUT2D eigenvalue weighted by atomic mass is 9.55. The lowest BCUT2D eigenvalue weighted by molar-refractivity contribution is -0.187. The van der Waals surface area contributed by atoms with Crippen molar-refractivity contribution in [2.24, 2.45) is 23.7 Å². The lowest BCUT2D eigenvalue weighted by Crippen LogP contribution is -2.64. The number of benzene rings is 4. The van der Waals surface area contributed by atoms with Crippen molar-refractivity contribution >= 4 is 23.8 Å². The summed E-state index contributed by atoms with van der Waals surface area (Å²) in [6.07, 6.45) is 1.17. The molecule has 5 rings (SSSR count). The molecule has 10 heteroatoms. The summed E-state index contributed by atoms with van der Waals surface area (Å²) in [7, 11) is 0. The molecule has 272 valence electrons. The molecule has 0 spiro atoms. The molecule has 52 heavy (non-hydrogen) atoms. The minimum Gasteiger partial charge on any atom is -0.489 e. The Labute approximate surface area is 304 Å². The molecule has 0 saturated heterocycles. The van der Waals surface area contributed by atoms with Crippen LogP contribution >= 0.6 is 0 Å². The highest BCUT2D eigenvalue weighted by molar-refractivity contribution is 5.99. The van der Waals surface area contributed by atoms with Gasteiger partial charge in [-0.25, -0.2) is 0 Å². The van der Waals surface area contributed by atoms with E-state index >= 15 is 0 Å². The third-order valence-corrected chi connectivity index (χ3v) is 9.39. The van der Waals surface area contributed by atoms with Gasteiger partial charge in [-0.15, -0.1) is 0 Å². The van der Waals surface area contributed by atoms with Crippen molar-refractivity contribution in [2.45, 2.75) is 53.0 Å². The van der Waals surface area contributed by atoms with Crippen LogP contribution in [-0.2, 0) is 45.5 Å². The average Bonchev–Trinajstić information content (AvgIpc) is 3.14. The van der Waals surface area contributed by atoms with E-state index in [1.165, 1.54) is 9.80 Å². The summed E-state index contributed by atoms with van der Waals surface area (Å²) in [4.78, 5) is 56.5. The van der Waals surface area contributed by atoms with Gasteiger partial charge in [0.05, 0.1) is 23.7 Å². The maximum Gasteiger partial charge on any atom is 0.308 e. The van der Waals surface area contributed by atoms with Gasteiger partial charge in [-0.3, -0.25) is 19.2 Å². The summed E-state index contributed by atoms with van der Waals surface area (Å²) in [6, 6.07) is 34.0. The Balaban J connectivity index is 1.27. The first-order valence-corrected chi connectivity index (χ1v) is 17.7. The van der Waals surface area contributed by atoms with Crippen molar-refractivity contribution in [3.8, 4) is 11.5 Å². The van der Waals surface area contributed by atoms with Gasteiger partial charge < -0.3 is 29.5 Å². The SMILES string of the molecule is CCCN(Cc1ccc(COc2ccccc2)cc1)C(=O)C1C(C(=O)O)C(C(=O)N(CCC)Cc2ccc(COc3ccccc3)cc2)C1C(=O)O. The van der Waals surface area contributed by atoms with E-state index in [0.29, 0.717) is 39.1 Å². The highest BCUT2D eigenvalue weighted by atomic mass is 16.5. The van der Waals surface area contributed by atoms with Crippen LogP contribution in [0.15, 0.2) is 109 Å². The van der Waals surface area contributed by atoms with E-state index in [1.54, 1.807) is 0 Å². The van der Waals surface area contributed by atoms with E-state index in [0.717, 1.165) is 33.8 Å². The molecule has 0 aromatic heterocycles. The van der Waals surface area contributed by atoms with Crippen LogP contribution in [0.1, 0.15) is 48.9 Å². The van der Waals surface area contributed by atoms with Gasteiger partial charge in [-0.2, -0.15) is 0 Å². The Morgan fingerprint density at radius 1 is 0.500 bits per heavy atom. The van der Waals surface area contributed by atoms with Crippen molar-refractivity contribution in [1.82, 2.24) is 9.80 Å². The summed E-state index contributed by atoms with van der Waals surface area (Å²) in [6.45, 7) is 5.48. The molecule has 10 nitrogen and oxygen atoms in total. The maximum atomic E-state index is 14.1. The number of carboxylic acid groups (broad SMARTS) is 2. The molecule has 0 aliphatic heterocycles. The molecule has 1 aliphatic rings. The number of amides is 2. The minimum atomic E-state index is -1.46. The van der Waals surface area contributed by atoms with Gasteiger partial charge in [-0.1, -0.05) is 98.8 Å². The van der Waals surface area contributed by atoms with Crippen molar-refractivity contribution in [1.29, 1.82) is 0 Å². The molecule has 1 saturated carbocycles. The standard InChI is InChI=1S/C42H46N2O8/c1-3-23-43(25-29-15-19-31(20-16-29)27-51-33-11-7-5-8-12-33)39(45)35-37(41(47)48)36(38(35)42(49)50)40(46)44(24-4-2)26-30-17-21-32(22-18-30)28-52-34-13-9-6-10-14-34/h5-22,35-38H,3-4,23-28H2,1-2H3,(H,47,48)(H,49,50). The van der Waals surface area contributed by atoms with Crippen LogP contribution in [0.4, 0.5) is 0 Å². The Morgan fingerprint density at radius 3 is 1.13 bits per heavy atom.